The van der Waals surface area contributed by atoms with Crippen molar-refractivity contribution in [1.29, 1.82) is 0 Å². The second-order valence-electron chi connectivity index (χ2n) is 4.81. The zero-order chi connectivity index (χ0) is 15.0. The maximum Gasteiger partial charge on any atom is 0.201 e. The van der Waals surface area contributed by atoms with E-state index in [1.807, 2.05) is 18.2 Å². The summed E-state index contributed by atoms with van der Waals surface area (Å²) in [5, 5.41) is 20.1. The Morgan fingerprint density at radius 3 is 2.62 bits per heavy atom. The first-order chi connectivity index (χ1) is 10.1. The van der Waals surface area contributed by atoms with E-state index in [-0.39, 0.29) is 40.8 Å². The Labute approximate surface area is 121 Å². The summed E-state index contributed by atoms with van der Waals surface area (Å²) in [5.41, 5.74) is 0.986. The van der Waals surface area contributed by atoms with Crippen LogP contribution in [0.25, 0.3) is 0 Å². The van der Waals surface area contributed by atoms with Crippen LogP contribution in [0.1, 0.15) is 17.2 Å². The molecule has 0 saturated carbocycles. The third-order valence-corrected chi connectivity index (χ3v) is 3.50. The van der Waals surface area contributed by atoms with Crippen LogP contribution in [0.5, 0.6) is 23.0 Å². The molecule has 0 bridgehead atoms. The van der Waals surface area contributed by atoms with Gasteiger partial charge in [0.15, 0.2) is 23.4 Å². The Hall–Kier alpha value is -2.69. The monoisotopic (exact) mass is 286 g/mol. The third-order valence-electron chi connectivity index (χ3n) is 3.50. The summed E-state index contributed by atoms with van der Waals surface area (Å²) in [6.45, 7) is 0. The number of benzene rings is 2. The van der Waals surface area contributed by atoms with Gasteiger partial charge in [0, 0.05) is 18.1 Å². The smallest absolute Gasteiger partial charge is 0.201 e. The van der Waals surface area contributed by atoms with Crippen molar-refractivity contribution >= 4 is 5.78 Å². The topological polar surface area (TPSA) is 76.0 Å². The number of carbonyl (C=O) groups is 1. The summed E-state index contributed by atoms with van der Waals surface area (Å²) in [4.78, 5) is 12.2. The molecule has 1 aliphatic rings. The lowest BCUT2D eigenvalue weighted by Crippen LogP contribution is -2.26. The molecule has 5 heteroatoms. The molecule has 2 N–H and O–H groups in total. The molecule has 5 nitrogen and oxygen atoms in total. The fourth-order valence-corrected chi connectivity index (χ4v) is 2.44. The molecule has 1 aliphatic heterocycles. The number of Topliss-reactive ketones (excluding diaryl/α,β-unsaturated/α-hetero) is 1. The Balaban J connectivity index is 2.08. The fourth-order valence-electron chi connectivity index (χ4n) is 2.44. The van der Waals surface area contributed by atoms with E-state index >= 15 is 0 Å². The van der Waals surface area contributed by atoms with Crippen molar-refractivity contribution in [2.45, 2.75) is 12.5 Å². The van der Waals surface area contributed by atoms with Crippen molar-refractivity contribution in [3.63, 3.8) is 0 Å². The minimum atomic E-state index is -0.795. The number of hydrogen-bond donors (Lipinski definition) is 2. The van der Waals surface area contributed by atoms with Crippen LogP contribution in [-0.4, -0.2) is 23.1 Å². The SMILES string of the molecule is COc1cc(O)c2c(c1O)OC(c1ccccc1)C(=O)C2. The zero-order valence-electron chi connectivity index (χ0n) is 11.4. The van der Waals surface area contributed by atoms with Gasteiger partial charge in [0.2, 0.25) is 5.75 Å². The first kappa shape index (κ1) is 13.3. The molecule has 1 heterocycles. The number of hydrogen-bond acceptors (Lipinski definition) is 5. The van der Waals surface area contributed by atoms with Crippen LogP contribution in [0.3, 0.4) is 0 Å². The Morgan fingerprint density at radius 2 is 1.95 bits per heavy atom. The van der Waals surface area contributed by atoms with Crippen molar-refractivity contribution in [2.24, 2.45) is 0 Å². The van der Waals surface area contributed by atoms with Crippen LogP contribution >= 0.6 is 0 Å². The largest absolute Gasteiger partial charge is 0.507 e. The van der Waals surface area contributed by atoms with E-state index in [1.165, 1.54) is 13.2 Å². The first-order valence-electron chi connectivity index (χ1n) is 6.48. The number of methoxy groups -OCH3 is 1. The van der Waals surface area contributed by atoms with Gasteiger partial charge in [-0.05, 0) is 5.56 Å². The summed E-state index contributed by atoms with van der Waals surface area (Å²) in [5.74, 6) is -0.306. The van der Waals surface area contributed by atoms with Gasteiger partial charge in [-0.25, -0.2) is 0 Å². The highest BCUT2D eigenvalue weighted by Gasteiger charge is 2.34. The van der Waals surface area contributed by atoms with E-state index in [2.05, 4.69) is 0 Å². The van der Waals surface area contributed by atoms with Gasteiger partial charge in [-0.15, -0.1) is 0 Å². The van der Waals surface area contributed by atoms with Crippen molar-refractivity contribution in [1.82, 2.24) is 0 Å². The van der Waals surface area contributed by atoms with Gasteiger partial charge >= 0.3 is 0 Å². The summed E-state index contributed by atoms with van der Waals surface area (Å²) in [6.07, 6.45) is -0.797. The minimum Gasteiger partial charge on any atom is -0.507 e. The van der Waals surface area contributed by atoms with Crippen LogP contribution in [0, 0.1) is 0 Å². The van der Waals surface area contributed by atoms with Gasteiger partial charge in [0.1, 0.15) is 5.75 Å². The van der Waals surface area contributed by atoms with E-state index in [0.29, 0.717) is 5.56 Å². The second-order valence-corrected chi connectivity index (χ2v) is 4.81. The van der Waals surface area contributed by atoms with Gasteiger partial charge in [0.25, 0.3) is 0 Å². The Morgan fingerprint density at radius 1 is 1.24 bits per heavy atom. The molecule has 0 amide bonds. The highest BCUT2D eigenvalue weighted by molar-refractivity contribution is 5.90. The molecular formula is C16H14O5. The summed E-state index contributed by atoms with van der Waals surface area (Å²) >= 11 is 0. The van der Waals surface area contributed by atoms with Gasteiger partial charge in [0.05, 0.1) is 7.11 Å². The van der Waals surface area contributed by atoms with Gasteiger partial charge in [-0.2, -0.15) is 0 Å². The number of ketones is 1. The molecule has 0 spiro atoms. The second kappa shape index (κ2) is 5.01. The molecule has 0 fully saturated rings. The maximum absolute atomic E-state index is 12.2. The van der Waals surface area contributed by atoms with Gasteiger partial charge in [-0.1, -0.05) is 30.3 Å². The predicted octanol–water partition coefficient (Wildman–Crippen LogP) is 2.35. The highest BCUT2D eigenvalue weighted by atomic mass is 16.5. The average molecular weight is 286 g/mol. The molecule has 2 aromatic rings. The van der Waals surface area contributed by atoms with Crippen molar-refractivity contribution in [2.75, 3.05) is 7.11 Å². The van der Waals surface area contributed by atoms with Crippen molar-refractivity contribution in [3.8, 4) is 23.0 Å². The van der Waals surface area contributed by atoms with E-state index < -0.39 is 6.10 Å². The minimum absolute atomic E-state index is 0.00170. The molecule has 2 aromatic carbocycles. The standard InChI is InChI=1S/C16H14O5/c1-20-13-8-11(17)10-7-12(18)15(21-16(10)14(13)19)9-5-3-2-4-6-9/h2-6,8,15,17,19H,7H2,1H3. The number of carbonyl (C=O) groups excluding carboxylic acids is 1. The van der Waals surface area contributed by atoms with E-state index in [0.717, 1.165) is 0 Å². The van der Waals surface area contributed by atoms with Gasteiger partial charge in [-0.3, -0.25) is 4.79 Å². The molecule has 0 radical (unpaired) electrons. The van der Waals surface area contributed by atoms with Crippen molar-refractivity contribution < 1.29 is 24.5 Å². The fraction of sp³-hybridized carbons (Fsp3) is 0.188. The molecular weight excluding hydrogens is 272 g/mol. The van der Waals surface area contributed by atoms with E-state index in [9.17, 15) is 15.0 Å². The molecule has 0 aromatic heterocycles. The van der Waals surface area contributed by atoms with Crippen LogP contribution < -0.4 is 9.47 Å². The lowest BCUT2D eigenvalue weighted by atomic mass is 9.95. The third kappa shape index (κ3) is 2.16. The maximum atomic E-state index is 12.2. The molecule has 21 heavy (non-hydrogen) atoms. The van der Waals surface area contributed by atoms with Crippen LogP contribution in [0.4, 0.5) is 0 Å². The normalized spacial score (nSPS) is 17.0. The summed E-state index contributed by atoms with van der Waals surface area (Å²) < 4.78 is 10.6. The number of ether oxygens (including phenoxy) is 2. The Bertz CT molecular complexity index is 694. The molecule has 1 atom stereocenters. The van der Waals surface area contributed by atoms with Crippen LogP contribution in [0.2, 0.25) is 0 Å². The number of phenolic OH excluding ortho intramolecular Hbond substituents is 2. The Kier molecular flexibility index (Phi) is 3.17. The number of fused-ring (bicyclic) bond motifs is 1. The molecule has 0 aliphatic carbocycles. The quantitative estimate of drug-likeness (QED) is 0.829. The molecule has 108 valence electrons. The van der Waals surface area contributed by atoms with Crippen LogP contribution in [-0.2, 0) is 11.2 Å². The van der Waals surface area contributed by atoms with Crippen molar-refractivity contribution in [3.05, 3.63) is 47.5 Å². The van der Waals surface area contributed by atoms with E-state index in [1.54, 1.807) is 12.1 Å². The molecule has 0 saturated heterocycles. The number of aromatic hydroxyl groups is 2. The summed E-state index contributed by atoms with van der Waals surface area (Å²) in [6, 6.07) is 10.3. The average Bonchev–Trinajstić information content (AvgIpc) is 2.51. The molecule has 3 rings (SSSR count). The molecule has 1 unspecified atom stereocenters. The van der Waals surface area contributed by atoms with Gasteiger partial charge < -0.3 is 19.7 Å². The first-order valence-corrected chi connectivity index (χ1v) is 6.48. The predicted molar refractivity (Wildman–Crippen MR) is 74.8 cm³/mol. The lowest BCUT2D eigenvalue weighted by Gasteiger charge is -2.27. The zero-order valence-corrected chi connectivity index (χ0v) is 11.4. The number of rotatable bonds is 2. The lowest BCUT2D eigenvalue weighted by molar-refractivity contribution is -0.126. The highest BCUT2D eigenvalue weighted by Crippen LogP contribution is 2.48. The van der Waals surface area contributed by atoms with Crippen LogP contribution in [0.15, 0.2) is 36.4 Å². The number of phenols is 2. The summed E-state index contributed by atoms with van der Waals surface area (Å²) in [7, 11) is 1.38. The van der Waals surface area contributed by atoms with E-state index in [4.69, 9.17) is 9.47 Å².